The van der Waals surface area contributed by atoms with E-state index in [2.05, 4.69) is 19.2 Å². The lowest BCUT2D eigenvalue weighted by molar-refractivity contribution is 0.0952. The molecule has 3 N–H and O–H groups in total. The van der Waals surface area contributed by atoms with Crippen LogP contribution in [0.15, 0.2) is 18.2 Å². The van der Waals surface area contributed by atoms with Gasteiger partial charge in [-0.25, -0.2) is 0 Å². The fraction of sp³-hybridized carbons (Fsp3) is 0.588. The molecule has 0 aliphatic rings. The Labute approximate surface area is 133 Å². The lowest BCUT2D eigenvalue weighted by atomic mass is 10.1. The zero-order valence-corrected chi connectivity index (χ0v) is 13.9. The molecule has 0 unspecified atom stereocenters. The van der Waals surface area contributed by atoms with Crippen LogP contribution in [0.4, 0.5) is 0 Å². The molecule has 0 fully saturated rings. The van der Waals surface area contributed by atoms with E-state index < -0.39 is 0 Å². The van der Waals surface area contributed by atoms with Gasteiger partial charge in [-0.15, -0.1) is 0 Å². The van der Waals surface area contributed by atoms with Gasteiger partial charge in [0, 0.05) is 12.1 Å². The van der Waals surface area contributed by atoms with E-state index in [-0.39, 0.29) is 5.91 Å². The van der Waals surface area contributed by atoms with Crippen molar-refractivity contribution in [3.63, 3.8) is 0 Å². The van der Waals surface area contributed by atoms with Crippen molar-refractivity contribution in [1.29, 1.82) is 0 Å². The minimum absolute atomic E-state index is 0.107. The zero-order chi connectivity index (χ0) is 16.4. The number of methoxy groups -OCH3 is 1. The molecule has 1 aromatic carbocycles. The zero-order valence-electron chi connectivity index (χ0n) is 13.9. The fourth-order valence-corrected chi connectivity index (χ4v) is 1.91. The van der Waals surface area contributed by atoms with Gasteiger partial charge < -0.3 is 20.5 Å². The molecular weight excluding hydrogens is 280 g/mol. The molecule has 0 saturated carbocycles. The van der Waals surface area contributed by atoms with Gasteiger partial charge in [-0.05, 0) is 49.9 Å². The number of ether oxygens (including phenoxy) is 2. The van der Waals surface area contributed by atoms with Crippen molar-refractivity contribution < 1.29 is 14.3 Å². The highest BCUT2D eigenvalue weighted by atomic mass is 16.5. The predicted molar refractivity (Wildman–Crippen MR) is 88.6 cm³/mol. The lowest BCUT2D eigenvalue weighted by Gasteiger charge is -2.13. The largest absolute Gasteiger partial charge is 0.493 e. The summed E-state index contributed by atoms with van der Waals surface area (Å²) in [7, 11) is 1.58. The van der Waals surface area contributed by atoms with E-state index in [1.54, 1.807) is 25.3 Å². The summed E-state index contributed by atoms with van der Waals surface area (Å²) in [4.78, 5) is 12.1. The molecule has 0 aliphatic carbocycles. The highest BCUT2D eigenvalue weighted by Crippen LogP contribution is 2.28. The van der Waals surface area contributed by atoms with Gasteiger partial charge in [0.05, 0.1) is 13.7 Å². The Morgan fingerprint density at radius 3 is 2.68 bits per heavy atom. The van der Waals surface area contributed by atoms with E-state index in [0.717, 1.165) is 19.3 Å². The van der Waals surface area contributed by atoms with Crippen LogP contribution in [-0.4, -0.2) is 32.7 Å². The van der Waals surface area contributed by atoms with Crippen molar-refractivity contribution >= 4 is 5.91 Å². The number of amides is 1. The summed E-state index contributed by atoms with van der Waals surface area (Å²) in [6, 6.07) is 5.25. The van der Waals surface area contributed by atoms with Gasteiger partial charge in [0.25, 0.3) is 5.91 Å². The van der Waals surface area contributed by atoms with Gasteiger partial charge in [0.15, 0.2) is 11.5 Å². The average Bonchev–Trinajstić information content (AvgIpc) is 2.51. The van der Waals surface area contributed by atoms with Crippen molar-refractivity contribution in [2.75, 3.05) is 26.8 Å². The molecule has 0 bridgehead atoms. The van der Waals surface area contributed by atoms with Crippen LogP contribution >= 0.6 is 0 Å². The van der Waals surface area contributed by atoms with Gasteiger partial charge in [-0.2, -0.15) is 0 Å². The molecule has 1 amide bonds. The first-order chi connectivity index (χ1) is 10.6. The van der Waals surface area contributed by atoms with E-state index in [1.165, 1.54) is 0 Å². The summed E-state index contributed by atoms with van der Waals surface area (Å²) in [6.07, 6.45) is 2.77. The minimum atomic E-state index is -0.107. The van der Waals surface area contributed by atoms with Gasteiger partial charge >= 0.3 is 0 Å². The second kappa shape index (κ2) is 10.1. The van der Waals surface area contributed by atoms with Crippen molar-refractivity contribution in [1.82, 2.24) is 5.32 Å². The Bertz CT molecular complexity index is 461. The summed E-state index contributed by atoms with van der Waals surface area (Å²) in [5, 5.41) is 2.87. The van der Waals surface area contributed by atoms with E-state index in [4.69, 9.17) is 15.2 Å². The molecule has 124 valence electrons. The molecule has 5 heteroatoms. The third-order valence-electron chi connectivity index (χ3n) is 3.30. The third kappa shape index (κ3) is 6.35. The van der Waals surface area contributed by atoms with Crippen LogP contribution in [0.3, 0.4) is 0 Å². The lowest BCUT2D eigenvalue weighted by Crippen LogP contribution is -2.24. The Kier molecular flexibility index (Phi) is 8.36. The van der Waals surface area contributed by atoms with Crippen molar-refractivity contribution in [2.24, 2.45) is 11.7 Å². The monoisotopic (exact) mass is 308 g/mol. The van der Waals surface area contributed by atoms with Gasteiger partial charge in [0.1, 0.15) is 0 Å². The molecule has 0 heterocycles. The first-order valence-corrected chi connectivity index (χ1v) is 7.87. The van der Waals surface area contributed by atoms with Crippen molar-refractivity contribution in [3.05, 3.63) is 23.8 Å². The number of rotatable bonds is 10. The number of nitrogens with one attached hydrogen (secondary N) is 1. The predicted octanol–water partition coefficient (Wildman–Crippen LogP) is 2.59. The van der Waals surface area contributed by atoms with Crippen LogP contribution in [0.5, 0.6) is 11.5 Å². The number of carbonyl (C=O) groups excluding carboxylic acids is 1. The summed E-state index contributed by atoms with van der Waals surface area (Å²) >= 11 is 0. The van der Waals surface area contributed by atoms with E-state index in [9.17, 15) is 4.79 Å². The van der Waals surface area contributed by atoms with Crippen LogP contribution < -0.4 is 20.5 Å². The van der Waals surface area contributed by atoms with Gasteiger partial charge in [0.2, 0.25) is 0 Å². The summed E-state index contributed by atoms with van der Waals surface area (Å²) in [5.74, 6) is 1.73. The summed E-state index contributed by atoms with van der Waals surface area (Å²) < 4.78 is 11.0. The van der Waals surface area contributed by atoms with Crippen LogP contribution in [0.25, 0.3) is 0 Å². The van der Waals surface area contributed by atoms with Crippen LogP contribution in [0.2, 0.25) is 0 Å². The molecule has 5 nitrogen and oxygen atoms in total. The Morgan fingerprint density at radius 2 is 2.05 bits per heavy atom. The van der Waals surface area contributed by atoms with Crippen LogP contribution in [0.1, 0.15) is 43.5 Å². The second-order valence-corrected chi connectivity index (χ2v) is 5.65. The molecule has 0 aromatic heterocycles. The first-order valence-electron chi connectivity index (χ1n) is 7.87. The molecule has 0 radical (unpaired) electrons. The maximum absolute atomic E-state index is 12.1. The third-order valence-corrected chi connectivity index (χ3v) is 3.30. The summed E-state index contributed by atoms with van der Waals surface area (Å²) in [6.45, 7) is 6.22. The Hall–Kier alpha value is -1.75. The van der Waals surface area contributed by atoms with Gasteiger partial charge in [-0.1, -0.05) is 13.8 Å². The molecule has 1 aromatic rings. The molecule has 0 saturated heterocycles. The smallest absolute Gasteiger partial charge is 0.251 e. The molecule has 0 aliphatic heterocycles. The molecular formula is C17H28N2O3. The Morgan fingerprint density at radius 1 is 1.27 bits per heavy atom. The van der Waals surface area contributed by atoms with Crippen molar-refractivity contribution in [2.45, 2.75) is 33.1 Å². The quantitative estimate of drug-likeness (QED) is 0.652. The van der Waals surface area contributed by atoms with Crippen molar-refractivity contribution in [3.8, 4) is 11.5 Å². The first kappa shape index (κ1) is 18.3. The minimum Gasteiger partial charge on any atom is -0.493 e. The van der Waals surface area contributed by atoms with E-state index >= 15 is 0 Å². The fourth-order valence-electron chi connectivity index (χ4n) is 1.91. The number of unbranched alkanes of at least 4 members (excludes halogenated alkanes) is 1. The normalized spacial score (nSPS) is 10.6. The Balaban J connectivity index is 2.61. The van der Waals surface area contributed by atoms with Gasteiger partial charge in [-0.3, -0.25) is 4.79 Å². The summed E-state index contributed by atoms with van der Waals surface area (Å²) in [5.41, 5.74) is 6.00. The highest BCUT2D eigenvalue weighted by Gasteiger charge is 2.11. The van der Waals surface area contributed by atoms with E-state index in [1.807, 2.05) is 0 Å². The second-order valence-electron chi connectivity index (χ2n) is 5.65. The number of hydrogen-bond donors (Lipinski definition) is 2. The highest BCUT2D eigenvalue weighted by molar-refractivity contribution is 5.94. The maximum Gasteiger partial charge on any atom is 0.251 e. The topological polar surface area (TPSA) is 73.6 Å². The molecule has 1 rings (SSSR count). The molecule has 0 spiro atoms. The van der Waals surface area contributed by atoms with E-state index in [0.29, 0.717) is 42.7 Å². The van der Waals surface area contributed by atoms with Crippen LogP contribution in [-0.2, 0) is 0 Å². The number of benzene rings is 1. The average molecular weight is 308 g/mol. The number of nitrogens with two attached hydrogens (primary N) is 1. The number of carbonyl (C=O) groups is 1. The number of hydrogen-bond acceptors (Lipinski definition) is 4. The molecule has 22 heavy (non-hydrogen) atoms. The standard InChI is InChI=1S/C17H28N2O3/c1-13(2)8-11-22-15-7-6-14(12-16(15)21-3)17(20)19-10-5-4-9-18/h6-7,12-13H,4-5,8-11,18H2,1-3H3,(H,19,20). The van der Waals surface area contributed by atoms with Crippen LogP contribution in [0, 0.1) is 5.92 Å². The SMILES string of the molecule is COc1cc(C(=O)NCCCCN)ccc1OCCC(C)C. The molecule has 0 atom stereocenters. The maximum atomic E-state index is 12.1.